The first-order chi connectivity index (χ1) is 9.56. The Labute approximate surface area is 118 Å². The molecule has 20 heavy (non-hydrogen) atoms. The maximum absolute atomic E-state index is 11.9. The fourth-order valence-corrected chi connectivity index (χ4v) is 1.58. The van der Waals surface area contributed by atoms with Crippen LogP contribution < -0.4 is 10.1 Å². The maximum atomic E-state index is 11.9. The number of carbonyl (C=O) groups is 2. The molecule has 110 valence electrons. The molecule has 0 aromatic heterocycles. The minimum absolute atomic E-state index is 0.233. The van der Waals surface area contributed by atoms with E-state index in [1.165, 1.54) is 12.0 Å². The number of carbonyl (C=O) groups excluding carboxylic acids is 2. The number of anilines is 1. The van der Waals surface area contributed by atoms with Gasteiger partial charge in [-0.05, 0) is 18.6 Å². The van der Waals surface area contributed by atoms with E-state index in [0.717, 1.165) is 0 Å². The zero-order chi connectivity index (χ0) is 15.0. The van der Waals surface area contributed by atoms with E-state index in [4.69, 9.17) is 4.74 Å². The minimum atomic E-state index is -0.272. The molecule has 0 saturated carbocycles. The normalized spacial score (nSPS) is 9.75. The van der Waals surface area contributed by atoms with Gasteiger partial charge in [-0.2, -0.15) is 0 Å². The van der Waals surface area contributed by atoms with Crippen molar-refractivity contribution < 1.29 is 19.1 Å². The Morgan fingerprint density at radius 1 is 1.30 bits per heavy atom. The number of rotatable bonds is 6. The first-order valence-electron chi connectivity index (χ1n) is 6.29. The number of hydrogen-bond acceptors (Lipinski definition) is 4. The number of benzene rings is 1. The molecule has 1 aromatic carbocycles. The second-order valence-electron chi connectivity index (χ2n) is 4.26. The van der Waals surface area contributed by atoms with Gasteiger partial charge in [-0.1, -0.05) is 6.07 Å². The van der Waals surface area contributed by atoms with Crippen LogP contribution in [-0.2, 0) is 9.53 Å². The Hall–Kier alpha value is -2.24. The largest absolute Gasteiger partial charge is 0.497 e. The molecule has 0 heterocycles. The average Bonchev–Trinajstić information content (AvgIpc) is 2.46. The Kier molecular flexibility index (Phi) is 6.36. The Bertz CT molecular complexity index is 462. The molecule has 0 aliphatic carbocycles. The van der Waals surface area contributed by atoms with Crippen LogP contribution in [0.25, 0.3) is 0 Å². The van der Waals surface area contributed by atoms with E-state index in [1.54, 1.807) is 38.4 Å². The lowest BCUT2D eigenvalue weighted by atomic mass is 10.3. The summed E-state index contributed by atoms with van der Waals surface area (Å²) >= 11 is 0. The van der Waals surface area contributed by atoms with Crippen LogP contribution in [0, 0.1) is 0 Å². The SMILES string of the molecule is COC(=O)CCCN(C)C(=O)Nc1cccc(OC)c1. The molecule has 0 aliphatic heterocycles. The van der Waals surface area contributed by atoms with Gasteiger partial charge in [-0.3, -0.25) is 4.79 Å². The predicted octanol–water partition coefficient (Wildman–Crippen LogP) is 2.11. The predicted molar refractivity (Wildman–Crippen MR) is 75.9 cm³/mol. The lowest BCUT2D eigenvalue weighted by Crippen LogP contribution is -2.32. The molecule has 6 heteroatoms. The van der Waals surface area contributed by atoms with Gasteiger partial charge >= 0.3 is 12.0 Å². The topological polar surface area (TPSA) is 67.9 Å². The second kappa shape index (κ2) is 8.04. The number of urea groups is 1. The van der Waals surface area contributed by atoms with Gasteiger partial charge in [-0.25, -0.2) is 4.79 Å². The highest BCUT2D eigenvalue weighted by atomic mass is 16.5. The van der Waals surface area contributed by atoms with Gasteiger partial charge in [0, 0.05) is 31.8 Å². The molecule has 1 aromatic rings. The van der Waals surface area contributed by atoms with E-state index >= 15 is 0 Å². The van der Waals surface area contributed by atoms with E-state index in [2.05, 4.69) is 10.1 Å². The summed E-state index contributed by atoms with van der Waals surface area (Å²) < 4.78 is 9.63. The summed E-state index contributed by atoms with van der Waals surface area (Å²) in [5.41, 5.74) is 0.661. The number of esters is 1. The molecule has 1 N–H and O–H groups in total. The molecule has 0 atom stereocenters. The van der Waals surface area contributed by atoms with Crippen LogP contribution in [0.15, 0.2) is 24.3 Å². The van der Waals surface area contributed by atoms with Gasteiger partial charge in [0.05, 0.1) is 14.2 Å². The van der Waals surface area contributed by atoms with E-state index in [9.17, 15) is 9.59 Å². The van der Waals surface area contributed by atoms with Crippen molar-refractivity contribution in [2.75, 3.05) is 33.1 Å². The summed E-state index contributed by atoms with van der Waals surface area (Å²) in [6.45, 7) is 0.477. The fourth-order valence-electron chi connectivity index (χ4n) is 1.58. The van der Waals surface area contributed by atoms with Crippen molar-refractivity contribution in [1.29, 1.82) is 0 Å². The zero-order valence-corrected chi connectivity index (χ0v) is 12.0. The van der Waals surface area contributed by atoms with Crippen molar-refractivity contribution >= 4 is 17.7 Å². The zero-order valence-electron chi connectivity index (χ0n) is 12.0. The highest BCUT2D eigenvalue weighted by molar-refractivity contribution is 5.89. The molecule has 1 rings (SSSR count). The summed E-state index contributed by atoms with van der Waals surface area (Å²) in [7, 11) is 4.59. The summed E-state index contributed by atoms with van der Waals surface area (Å²) in [5.74, 6) is 0.405. The van der Waals surface area contributed by atoms with Gasteiger partial charge in [0.2, 0.25) is 0 Å². The molecule has 0 unspecified atom stereocenters. The Morgan fingerprint density at radius 3 is 2.70 bits per heavy atom. The third-order valence-corrected chi connectivity index (χ3v) is 2.77. The third kappa shape index (κ3) is 5.17. The van der Waals surface area contributed by atoms with Crippen molar-refractivity contribution in [3.05, 3.63) is 24.3 Å². The highest BCUT2D eigenvalue weighted by Crippen LogP contribution is 2.16. The quantitative estimate of drug-likeness (QED) is 0.810. The molecular weight excluding hydrogens is 260 g/mol. The molecule has 0 saturated heterocycles. The molecule has 2 amide bonds. The molecular formula is C14H20N2O4. The molecule has 0 radical (unpaired) electrons. The summed E-state index contributed by atoms with van der Waals surface area (Å²) in [5, 5.41) is 2.76. The van der Waals surface area contributed by atoms with Crippen LogP contribution in [0.3, 0.4) is 0 Å². The van der Waals surface area contributed by atoms with Crippen LogP contribution in [0.1, 0.15) is 12.8 Å². The molecule has 0 fully saturated rings. The highest BCUT2D eigenvalue weighted by Gasteiger charge is 2.10. The van der Waals surface area contributed by atoms with E-state index in [0.29, 0.717) is 30.8 Å². The smallest absolute Gasteiger partial charge is 0.321 e. The van der Waals surface area contributed by atoms with Crippen LogP contribution >= 0.6 is 0 Å². The number of amides is 2. The fraction of sp³-hybridized carbons (Fsp3) is 0.429. The summed E-state index contributed by atoms with van der Waals surface area (Å²) in [6, 6.07) is 6.88. The van der Waals surface area contributed by atoms with Gasteiger partial charge in [0.15, 0.2) is 0 Å². The second-order valence-corrected chi connectivity index (χ2v) is 4.26. The van der Waals surface area contributed by atoms with Crippen LogP contribution in [-0.4, -0.2) is 44.7 Å². The van der Waals surface area contributed by atoms with Gasteiger partial charge in [0.1, 0.15) is 5.75 Å². The van der Waals surface area contributed by atoms with E-state index in [1.807, 2.05) is 0 Å². The third-order valence-electron chi connectivity index (χ3n) is 2.77. The lowest BCUT2D eigenvalue weighted by molar-refractivity contribution is -0.140. The van der Waals surface area contributed by atoms with Crippen LogP contribution in [0.5, 0.6) is 5.75 Å². The van der Waals surface area contributed by atoms with Crippen LogP contribution in [0.4, 0.5) is 10.5 Å². The monoisotopic (exact) mass is 280 g/mol. The van der Waals surface area contributed by atoms with Crippen molar-refractivity contribution in [1.82, 2.24) is 4.90 Å². The van der Waals surface area contributed by atoms with Crippen LogP contribution in [0.2, 0.25) is 0 Å². The van der Waals surface area contributed by atoms with Gasteiger partial charge in [0.25, 0.3) is 0 Å². The lowest BCUT2D eigenvalue weighted by Gasteiger charge is -2.17. The minimum Gasteiger partial charge on any atom is -0.497 e. The number of nitrogens with zero attached hydrogens (tertiary/aromatic N) is 1. The molecule has 0 bridgehead atoms. The van der Waals surface area contributed by atoms with Crippen molar-refractivity contribution in [2.45, 2.75) is 12.8 Å². The van der Waals surface area contributed by atoms with E-state index in [-0.39, 0.29) is 12.0 Å². The average molecular weight is 280 g/mol. The van der Waals surface area contributed by atoms with Gasteiger partial charge < -0.3 is 19.7 Å². The Morgan fingerprint density at radius 2 is 2.05 bits per heavy atom. The summed E-state index contributed by atoms with van der Waals surface area (Å²) in [6.07, 6.45) is 0.863. The standard InChI is InChI=1S/C14H20N2O4/c1-16(9-5-8-13(17)20-3)14(18)15-11-6-4-7-12(10-11)19-2/h4,6-7,10H,5,8-9H2,1-3H3,(H,15,18). The molecule has 6 nitrogen and oxygen atoms in total. The number of hydrogen-bond donors (Lipinski definition) is 1. The van der Waals surface area contributed by atoms with Crippen molar-refractivity contribution in [2.24, 2.45) is 0 Å². The first-order valence-corrected chi connectivity index (χ1v) is 6.29. The van der Waals surface area contributed by atoms with E-state index < -0.39 is 0 Å². The number of nitrogens with one attached hydrogen (secondary N) is 1. The number of methoxy groups -OCH3 is 2. The summed E-state index contributed by atoms with van der Waals surface area (Å²) in [4.78, 5) is 24.4. The van der Waals surface area contributed by atoms with Crippen molar-refractivity contribution in [3.63, 3.8) is 0 Å². The molecule has 0 aliphatic rings. The Balaban J connectivity index is 2.42. The first kappa shape index (κ1) is 15.8. The van der Waals surface area contributed by atoms with Gasteiger partial charge in [-0.15, -0.1) is 0 Å². The maximum Gasteiger partial charge on any atom is 0.321 e. The molecule has 0 spiro atoms. The van der Waals surface area contributed by atoms with Crippen molar-refractivity contribution in [3.8, 4) is 5.75 Å². The number of ether oxygens (including phenoxy) is 2.